The molecule has 3 rings (SSSR count). The number of aromatic nitrogens is 2. The highest BCUT2D eigenvalue weighted by Crippen LogP contribution is 2.22. The molecule has 0 N–H and O–H groups in total. The fraction of sp³-hybridized carbons (Fsp3) is 0.333. The average molecular weight is 199 g/mol. The predicted molar refractivity (Wildman–Crippen MR) is 61.0 cm³/mol. The molecule has 1 aromatic carbocycles. The van der Waals surface area contributed by atoms with Crippen molar-refractivity contribution < 1.29 is 0 Å². The minimum absolute atomic E-state index is 0.973. The first-order chi connectivity index (χ1) is 7.43. The monoisotopic (exact) mass is 199 g/mol. The Bertz CT molecular complexity index is 475. The fourth-order valence-electron chi connectivity index (χ4n) is 2.12. The molecule has 1 saturated heterocycles. The zero-order valence-electron chi connectivity index (χ0n) is 8.56. The van der Waals surface area contributed by atoms with Gasteiger partial charge in [0, 0.05) is 31.2 Å². The van der Waals surface area contributed by atoms with Gasteiger partial charge in [-0.05, 0) is 31.0 Å². The van der Waals surface area contributed by atoms with E-state index in [0.29, 0.717) is 0 Å². The van der Waals surface area contributed by atoms with Gasteiger partial charge in [0.25, 0.3) is 0 Å². The summed E-state index contributed by atoms with van der Waals surface area (Å²) in [7, 11) is 0. The Morgan fingerprint density at radius 1 is 0.933 bits per heavy atom. The van der Waals surface area contributed by atoms with Crippen LogP contribution in [0.3, 0.4) is 0 Å². The Labute approximate surface area is 88.8 Å². The Kier molecular flexibility index (Phi) is 2.02. The lowest BCUT2D eigenvalue weighted by Crippen LogP contribution is -2.17. The molecule has 15 heavy (non-hydrogen) atoms. The largest absolute Gasteiger partial charge is 0.371 e. The van der Waals surface area contributed by atoms with Crippen molar-refractivity contribution >= 4 is 16.7 Å². The first-order valence-corrected chi connectivity index (χ1v) is 5.39. The maximum atomic E-state index is 4.32. The van der Waals surface area contributed by atoms with Crippen molar-refractivity contribution in [3.63, 3.8) is 0 Å². The SMILES string of the molecule is c1cnc2cc(N3CCCC3)ccc2n1. The van der Waals surface area contributed by atoms with Crippen molar-refractivity contribution in [2.24, 2.45) is 0 Å². The average Bonchev–Trinajstić information content (AvgIpc) is 2.82. The highest BCUT2D eigenvalue weighted by molar-refractivity contribution is 5.78. The summed E-state index contributed by atoms with van der Waals surface area (Å²) in [6.45, 7) is 2.34. The maximum Gasteiger partial charge on any atom is 0.0907 e. The van der Waals surface area contributed by atoms with Crippen LogP contribution in [0.1, 0.15) is 12.8 Å². The molecule has 1 fully saturated rings. The quantitative estimate of drug-likeness (QED) is 0.705. The second kappa shape index (κ2) is 3.50. The molecule has 0 atom stereocenters. The summed E-state index contributed by atoms with van der Waals surface area (Å²) in [6, 6.07) is 6.33. The van der Waals surface area contributed by atoms with Gasteiger partial charge in [0.15, 0.2) is 0 Å². The third-order valence-electron chi connectivity index (χ3n) is 2.92. The number of rotatable bonds is 1. The lowest BCUT2D eigenvalue weighted by molar-refractivity contribution is 0.949. The van der Waals surface area contributed by atoms with E-state index in [1.165, 1.54) is 31.6 Å². The molecule has 1 aliphatic rings. The molecule has 1 aromatic heterocycles. The molecule has 76 valence electrons. The van der Waals surface area contributed by atoms with Crippen molar-refractivity contribution in [1.82, 2.24) is 9.97 Å². The standard InChI is InChI=1S/C12H13N3/c1-2-8-15(7-1)10-3-4-11-12(9-10)14-6-5-13-11/h3-6,9H,1-2,7-8H2. The van der Waals surface area contributed by atoms with Gasteiger partial charge in [0.2, 0.25) is 0 Å². The van der Waals surface area contributed by atoms with Gasteiger partial charge in [0.05, 0.1) is 11.0 Å². The summed E-state index contributed by atoms with van der Waals surface area (Å²) in [5.41, 5.74) is 3.24. The first-order valence-electron chi connectivity index (χ1n) is 5.39. The molecule has 2 aromatic rings. The van der Waals surface area contributed by atoms with Gasteiger partial charge in [-0.2, -0.15) is 0 Å². The van der Waals surface area contributed by atoms with Gasteiger partial charge in [0.1, 0.15) is 0 Å². The van der Waals surface area contributed by atoms with E-state index in [1.54, 1.807) is 12.4 Å². The molecule has 2 heterocycles. The Balaban J connectivity index is 2.05. The van der Waals surface area contributed by atoms with Crippen LogP contribution in [0.25, 0.3) is 11.0 Å². The van der Waals surface area contributed by atoms with Crippen LogP contribution in [-0.2, 0) is 0 Å². The highest BCUT2D eigenvalue weighted by Gasteiger charge is 2.12. The van der Waals surface area contributed by atoms with Crippen LogP contribution in [0.4, 0.5) is 5.69 Å². The number of anilines is 1. The topological polar surface area (TPSA) is 29.0 Å². The first kappa shape index (κ1) is 8.65. The molecule has 0 saturated carbocycles. The normalized spacial score (nSPS) is 16.1. The lowest BCUT2D eigenvalue weighted by Gasteiger charge is -2.17. The number of fused-ring (bicyclic) bond motifs is 1. The van der Waals surface area contributed by atoms with E-state index in [1.807, 2.05) is 0 Å². The molecule has 1 aliphatic heterocycles. The Morgan fingerprint density at radius 2 is 1.67 bits per heavy atom. The van der Waals surface area contributed by atoms with Crippen LogP contribution >= 0.6 is 0 Å². The van der Waals surface area contributed by atoms with Gasteiger partial charge < -0.3 is 4.90 Å². The molecule has 0 radical (unpaired) electrons. The van der Waals surface area contributed by atoms with Gasteiger partial charge in [-0.15, -0.1) is 0 Å². The highest BCUT2D eigenvalue weighted by atomic mass is 15.1. The zero-order chi connectivity index (χ0) is 10.1. The van der Waals surface area contributed by atoms with Crippen molar-refractivity contribution in [3.05, 3.63) is 30.6 Å². The van der Waals surface area contributed by atoms with Crippen LogP contribution in [0.5, 0.6) is 0 Å². The van der Waals surface area contributed by atoms with Crippen molar-refractivity contribution in [3.8, 4) is 0 Å². The van der Waals surface area contributed by atoms with Crippen LogP contribution < -0.4 is 4.90 Å². The second-order valence-corrected chi connectivity index (χ2v) is 3.92. The van der Waals surface area contributed by atoms with E-state index in [-0.39, 0.29) is 0 Å². The summed E-state index contributed by atoms with van der Waals surface area (Å²) < 4.78 is 0. The molecule has 0 bridgehead atoms. The van der Waals surface area contributed by atoms with Gasteiger partial charge in [-0.1, -0.05) is 0 Å². The molecule has 3 nitrogen and oxygen atoms in total. The smallest absolute Gasteiger partial charge is 0.0907 e. The third kappa shape index (κ3) is 1.54. The van der Waals surface area contributed by atoms with Gasteiger partial charge in [-0.3, -0.25) is 9.97 Å². The number of hydrogen-bond donors (Lipinski definition) is 0. The lowest BCUT2D eigenvalue weighted by atomic mass is 10.2. The molecule has 3 heteroatoms. The number of nitrogens with zero attached hydrogens (tertiary/aromatic N) is 3. The van der Waals surface area contributed by atoms with Crippen molar-refractivity contribution in [2.75, 3.05) is 18.0 Å². The number of benzene rings is 1. The van der Waals surface area contributed by atoms with Gasteiger partial charge in [-0.25, -0.2) is 0 Å². The fourth-order valence-corrected chi connectivity index (χ4v) is 2.12. The van der Waals surface area contributed by atoms with Crippen LogP contribution in [-0.4, -0.2) is 23.1 Å². The molecular weight excluding hydrogens is 186 g/mol. The van der Waals surface area contributed by atoms with E-state index in [0.717, 1.165) is 11.0 Å². The van der Waals surface area contributed by atoms with E-state index in [9.17, 15) is 0 Å². The Hall–Kier alpha value is -1.64. The third-order valence-corrected chi connectivity index (χ3v) is 2.92. The molecule has 0 amide bonds. The van der Waals surface area contributed by atoms with Crippen LogP contribution in [0, 0.1) is 0 Å². The molecule has 0 spiro atoms. The van der Waals surface area contributed by atoms with E-state index >= 15 is 0 Å². The summed E-state index contributed by atoms with van der Waals surface area (Å²) in [5.74, 6) is 0. The van der Waals surface area contributed by atoms with E-state index in [4.69, 9.17) is 0 Å². The zero-order valence-corrected chi connectivity index (χ0v) is 8.56. The number of hydrogen-bond acceptors (Lipinski definition) is 3. The van der Waals surface area contributed by atoms with Crippen molar-refractivity contribution in [2.45, 2.75) is 12.8 Å². The van der Waals surface area contributed by atoms with Gasteiger partial charge >= 0.3 is 0 Å². The Morgan fingerprint density at radius 3 is 2.47 bits per heavy atom. The predicted octanol–water partition coefficient (Wildman–Crippen LogP) is 2.23. The second-order valence-electron chi connectivity index (χ2n) is 3.92. The molecule has 0 aliphatic carbocycles. The maximum absolute atomic E-state index is 4.32. The molecular formula is C12H13N3. The van der Waals surface area contributed by atoms with Crippen LogP contribution in [0.2, 0.25) is 0 Å². The summed E-state index contributed by atoms with van der Waals surface area (Å²) in [6.07, 6.45) is 6.09. The van der Waals surface area contributed by atoms with Crippen molar-refractivity contribution in [1.29, 1.82) is 0 Å². The summed E-state index contributed by atoms with van der Waals surface area (Å²) in [5, 5.41) is 0. The summed E-state index contributed by atoms with van der Waals surface area (Å²) in [4.78, 5) is 11.0. The van der Waals surface area contributed by atoms with E-state index < -0.39 is 0 Å². The summed E-state index contributed by atoms with van der Waals surface area (Å²) >= 11 is 0. The minimum atomic E-state index is 0.973. The molecule has 0 unspecified atom stereocenters. The van der Waals surface area contributed by atoms with E-state index in [2.05, 4.69) is 33.1 Å². The minimum Gasteiger partial charge on any atom is -0.371 e. The van der Waals surface area contributed by atoms with Crippen LogP contribution in [0.15, 0.2) is 30.6 Å².